The molecule has 0 amide bonds. The molecule has 1 aliphatic rings. The fourth-order valence-corrected chi connectivity index (χ4v) is 1.30. The van der Waals surface area contributed by atoms with Gasteiger partial charge in [0.25, 0.3) is 0 Å². The third kappa shape index (κ3) is 1.59. The minimum atomic E-state index is -0.882. The standard InChI is InChI=1S/C4H3Cl3O3/c5-2(6)1-3(7)10-4(8)9-1/h1-3H. The van der Waals surface area contributed by atoms with Crippen molar-refractivity contribution in [2.75, 3.05) is 0 Å². The number of rotatable bonds is 1. The highest BCUT2D eigenvalue weighted by Gasteiger charge is 2.39. The van der Waals surface area contributed by atoms with Crippen molar-refractivity contribution in [2.45, 2.75) is 16.5 Å². The van der Waals surface area contributed by atoms with Crippen molar-refractivity contribution >= 4 is 41.0 Å². The zero-order valence-corrected chi connectivity index (χ0v) is 6.86. The van der Waals surface area contributed by atoms with Crippen LogP contribution in [-0.2, 0) is 9.47 Å². The van der Waals surface area contributed by atoms with Gasteiger partial charge in [0.05, 0.1) is 0 Å². The van der Waals surface area contributed by atoms with Gasteiger partial charge >= 0.3 is 6.16 Å². The minimum absolute atomic E-state index is 0.766. The molecule has 1 aliphatic heterocycles. The number of carbonyl (C=O) groups excluding carboxylic acids is 1. The lowest BCUT2D eigenvalue weighted by atomic mass is 10.4. The lowest BCUT2D eigenvalue weighted by Crippen LogP contribution is -2.23. The van der Waals surface area contributed by atoms with Crippen LogP contribution < -0.4 is 0 Å². The fraction of sp³-hybridized carbons (Fsp3) is 0.750. The molecule has 1 saturated heterocycles. The molecule has 1 heterocycles. The summed E-state index contributed by atoms with van der Waals surface area (Å²) >= 11 is 16.2. The molecular formula is C4H3Cl3O3. The molecule has 2 atom stereocenters. The van der Waals surface area contributed by atoms with Crippen molar-refractivity contribution in [1.82, 2.24) is 0 Å². The number of hydrogen-bond donors (Lipinski definition) is 0. The van der Waals surface area contributed by atoms with Crippen LogP contribution in [0.3, 0.4) is 0 Å². The summed E-state index contributed by atoms with van der Waals surface area (Å²) in [6.45, 7) is 0. The van der Waals surface area contributed by atoms with Gasteiger partial charge in [-0.1, -0.05) is 11.6 Å². The first kappa shape index (κ1) is 8.24. The second kappa shape index (κ2) is 3.03. The van der Waals surface area contributed by atoms with Crippen molar-refractivity contribution in [3.8, 4) is 0 Å². The smallest absolute Gasteiger partial charge is 0.423 e. The van der Waals surface area contributed by atoms with E-state index in [1.807, 2.05) is 0 Å². The second-order valence-corrected chi connectivity index (χ2v) is 3.23. The van der Waals surface area contributed by atoms with Crippen LogP contribution in [0, 0.1) is 0 Å². The number of alkyl halides is 3. The highest BCUT2D eigenvalue weighted by molar-refractivity contribution is 6.45. The first-order chi connectivity index (χ1) is 4.61. The van der Waals surface area contributed by atoms with Gasteiger partial charge in [-0.15, -0.1) is 23.2 Å². The van der Waals surface area contributed by atoms with Crippen LogP contribution in [0.15, 0.2) is 0 Å². The third-order valence-electron chi connectivity index (χ3n) is 0.948. The van der Waals surface area contributed by atoms with Crippen LogP contribution in [0.1, 0.15) is 0 Å². The van der Waals surface area contributed by atoms with Gasteiger partial charge in [-0.25, -0.2) is 4.79 Å². The Hall–Kier alpha value is 0.140. The maximum absolute atomic E-state index is 10.3. The van der Waals surface area contributed by atoms with Crippen LogP contribution in [0.2, 0.25) is 0 Å². The van der Waals surface area contributed by atoms with Crippen LogP contribution in [0.4, 0.5) is 4.79 Å². The quantitative estimate of drug-likeness (QED) is 0.484. The SMILES string of the molecule is O=C1OC(Cl)C(C(Cl)Cl)O1. The van der Waals surface area contributed by atoms with Gasteiger partial charge in [-0.3, -0.25) is 0 Å². The van der Waals surface area contributed by atoms with Crippen LogP contribution in [0.25, 0.3) is 0 Å². The molecule has 0 aromatic rings. The lowest BCUT2D eigenvalue weighted by Gasteiger charge is -2.08. The van der Waals surface area contributed by atoms with E-state index in [9.17, 15) is 4.79 Å². The number of halogens is 3. The van der Waals surface area contributed by atoms with E-state index in [1.54, 1.807) is 0 Å². The summed E-state index contributed by atoms with van der Waals surface area (Å²) in [6, 6.07) is 0. The van der Waals surface area contributed by atoms with Crippen molar-refractivity contribution in [1.29, 1.82) is 0 Å². The molecule has 3 nitrogen and oxygen atoms in total. The Morgan fingerprint density at radius 3 is 2.20 bits per heavy atom. The van der Waals surface area contributed by atoms with Crippen molar-refractivity contribution < 1.29 is 14.3 Å². The molecule has 10 heavy (non-hydrogen) atoms. The van der Waals surface area contributed by atoms with Crippen molar-refractivity contribution in [3.05, 3.63) is 0 Å². The molecule has 0 aliphatic carbocycles. The lowest BCUT2D eigenvalue weighted by molar-refractivity contribution is 0.120. The first-order valence-corrected chi connectivity index (χ1v) is 3.71. The van der Waals surface area contributed by atoms with E-state index in [0.29, 0.717) is 0 Å². The normalized spacial score (nSPS) is 32.2. The Bertz CT molecular complexity index is 149. The summed E-state index contributed by atoms with van der Waals surface area (Å²) in [5.74, 6) is 0. The molecule has 2 unspecified atom stereocenters. The predicted molar refractivity (Wildman–Crippen MR) is 36.5 cm³/mol. The van der Waals surface area contributed by atoms with E-state index >= 15 is 0 Å². The van der Waals surface area contributed by atoms with Crippen molar-refractivity contribution in [2.24, 2.45) is 0 Å². The molecular weight excluding hydrogens is 202 g/mol. The summed E-state index contributed by atoms with van der Waals surface area (Å²) in [5, 5.41) is 0. The van der Waals surface area contributed by atoms with Gasteiger partial charge in [-0.2, -0.15) is 0 Å². The molecule has 1 fully saturated rings. The van der Waals surface area contributed by atoms with Crippen LogP contribution in [0.5, 0.6) is 0 Å². The number of carbonyl (C=O) groups is 1. The van der Waals surface area contributed by atoms with Crippen LogP contribution in [-0.4, -0.2) is 22.7 Å². The monoisotopic (exact) mass is 204 g/mol. The molecule has 0 N–H and O–H groups in total. The highest BCUT2D eigenvalue weighted by atomic mass is 35.5. The van der Waals surface area contributed by atoms with Gasteiger partial charge in [0.1, 0.15) is 4.84 Å². The maximum atomic E-state index is 10.3. The largest absolute Gasteiger partial charge is 0.510 e. The Morgan fingerprint density at radius 1 is 1.40 bits per heavy atom. The fourth-order valence-electron chi connectivity index (χ4n) is 0.517. The predicted octanol–water partition coefficient (Wildman–Crippen LogP) is 1.89. The molecule has 0 bridgehead atoms. The van der Waals surface area contributed by atoms with Gasteiger partial charge in [0, 0.05) is 0 Å². The molecule has 0 aromatic heterocycles. The van der Waals surface area contributed by atoms with E-state index in [-0.39, 0.29) is 0 Å². The average molecular weight is 205 g/mol. The molecule has 0 radical (unpaired) electrons. The zero-order chi connectivity index (χ0) is 7.72. The van der Waals surface area contributed by atoms with Gasteiger partial charge in [-0.05, 0) is 0 Å². The maximum Gasteiger partial charge on any atom is 0.510 e. The minimum Gasteiger partial charge on any atom is -0.423 e. The third-order valence-corrected chi connectivity index (χ3v) is 1.78. The summed E-state index contributed by atoms with van der Waals surface area (Å²) in [7, 11) is 0. The first-order valence-electron chi connectivity index (χ1n) is 2.41. The number of ether oxygens (including phenoxy) is 2. The van der Waals surface area contributed by atoms with Gasteiger partial charge in [0.2, 0.25) is 5.56 Å². The van der Waals surface area contributed by atoms with Crippen molar-refractivity contribution in [3.63, 3.8) is 0 Å². The van der Waals surface area contributed by atoms with Gasteiger partial charge in [0.15, 0.2) is 6.10 Å². The zero-order valence-electron chi connectivity index (χ0n) is 4.59. The average Bonchev–Trinajstić information content (AvgIpc) is 2.10. The Balaban J connectivity index is 2.54. The van der Waals surface area contributed by atoms with E-state index in [0.717, 1.165) is 0 Å². The topological polar surface area (TPSA) is 35.5 Å². The Kier molecular flexibility index (Phi) is 2.50. The van der Waals surface area contributed by atoms with E-state index < -0.39 is 22.7 Å². The number of cyclic esters (lactones) is 2. The molecule has 0 spiro atoms. The van der Waals surface area contributed by atoms with E-state index in [2.05, 4.69) is 9.47 Å². The summed E-state index contributed by atoms with van der Waals surface area (Å²) in [5.41, 5.74) is -0.882. The number of hydrogen-bond acceptors (Lipinski definition) is 3. The van der Waals surface area contributed by atoms with Crippen LogP contribution >= 0.6 is 34.8 Å². The Labute approximate surface area is 72.1 Å². The van der Waals surface area contributed by atoms with Gasteiger partial charge < -0.3 is 9.47 Å². The summed E-state index contributed by atoms with van der Waals surface area (Å²) in [6.07, 6.45) is -1.60. The molecule has 0 saturated carbocycles. The Morgan fingerprint density at radius 2 is 2.00 bits per heavy atom. The van der Waals surface area contributed by atoms with E-state index in [4.69, 9.17) is 34.8 Å². The molecule has 58 valence electrons. The summed E-state index contributed by atoms with van der Waals surface area (Å²) in [4.78, 5) is 9.47. The second-order valence-electron chi connectivity index (χ2n) is 1.64. The molecule has 1 rings (SSSR count). The molecule has 0 aromatic carbocycles. The summed E-state index contributed by atoms with van der Waals surface area (Å²) < 4.78 is 8.85. The van der Waals surface area contributed by atoms with E-state index in [1.165, 1.54) is 0 Å². The molecule has 6 heteroatoms. The highest BCUT2D eigenvalue weighted by Crippen LogP contribution is 2.25.